The summed E-state index contributed by atoms with van der Waals surface area (Å²) in [5, 5.41) is -0.335. The van der Waals surface area contributed by atoms with E-state index in [9.17, 15) is 51.9 Å². The molecule has 0 aliphatic heterocycles. The van der Waals surface area contributed by atoms with Gasteiger partial charge >= 0.3 is 10.1 Å². The molecule has 0 radical (unpaired) electrons. The number of benzene rings is 4. The smallest absolute Gasteiger partial charge is 0.282 e. The fourth-order valence-corrected chi connectivity index (χ4v) is 8.80. The second-order valence-electron chi connectivity index (χ2n) is 11.8. The second-order valence-corrected chi connectivity index (χ2v) is 17.4. The monoisotopic (exact) mass is 771 g/mol. The molecule has 1 aliphatic rings. The third-order valence-electron chi connectivity index (χ3n) is 8.29. The number of rotatable bonds is 10. The van der Waals surface area contributed by atoms with E-state index >= 15 is 0 Å². The summed E-state index contributed by atoms with van der Waals surface area (Å²) in [5.74, 6) is 0. The lowest BCUT2D eigenvalue weighted by molar-refractivity contribution is 0.466. The van der Waals surface area contributed by atoms with Gasteiger partial charge in [0, 0.05) is 35.4 Å². The fourth-order valence-electron chi connectivity index (χ4n) is 5.69. The Morgan fingerprint density at radius 2 is 1.06 bits per heavy atom. The lowest BCUT2D eigenvalue weighted by atomic mass is 9.88. The van der Waals surface area contributed by atoms with Crippen LogP contribution in [-0.2, 0) is 53.3 Å². The Kier molecular flexibility index (Phi) is 10.4. The number of allylic oxidation sites excluding steroid dienone is 3. The SMILES string of the molecule is Cc1ccc(S(=O)(=O)O)cc1Cc1ccc(C(=C2C=CC=C[C+]2S(=O)(=O)O)c2ccc(Cc3cc(S(=O)(=O)O)c(S(=O)(=O)O)cc3C)cc2)cc1. The molecule has 5 rings (SSSR count). The molecule has 0 spiro atoms. The highest BCUT2D eigenvalue weighted by Crippen LogP contribution is 2.37. The van der Waals surface area contributed by atoms with Gasteiger partial charge in [-0.25, -0.2) is 0 Å². The van der Waals surface area contributed by atoms with Gasteiger partial charge in [0.15, 0.2) is 5.25 Å². The molecule has 0 saturated heterocycles. The lowest BCUT2D eigenvalue weighted by Crippen LogP contribution is -2.14. The van der Waals surface area contributed by atoms with E-state index in [1.54, 1.807) is 66.7 Å². The lowest BCUT2D eigenvalue weighted by Gasteiger charge is -2.15. The second kappa shape index (κ2) is 14.0. The topological polar surface area (TPSA) is 217 Å². The van der Waals surface area contributed by atoms with Crippen LogP contribution in [0.4, 0.5) is 0 Å². The third-order valence-corrected chi connectivity index (χ3v) is 12.0. The van der Waals surface area contributed by atoms with Crippen LogP contribution in [0.25, 0.3) is 5.57 Å². The Morgan fingerprint density at radius 3 is 1.53 bits per heavy atom. The predicted molar refractivity (Wildman–Crippen MR) is 189 cm³/mol. The van der Waals surface area contributed by atoms with Crippen LogP contribution in [0.3, 0.4) is 0 Å². The van der Waals surface area contributed by atoms with Crippen molar-refractivity contribution in [3.8, 4) is 0 Å². The highest BCUT2D eigenvalue weighted by Gasteiger charge is 2.35. The van der Waals surface area contributed by atoms with E-state index in [0.29, 0.717) is 45.4 Å². The first-order valence-electron chi connectivity index (χ1n) is 14.9. The van der Waals surface area contributed by atoms with E-state index in [4.69, 9.17) is 0 Å². The molecule has 0 saturated carbocycles. The van der Waals surface area contributed by atoms with E-state index in [1.807, 2.05) is 6.92 Å². The molecular formula is C35H31O12S4+. The van der Waals surface area contributed by atoms with E-state index in [2.05, 4.69) is 0 Å². The van der Waals surface area contributed by atoms with Crippen LogP contribution in [0.5, 0.6) is 0 Å². The van der Waals surface area contributed by atoms with Gasteiger partial charge < -0.3 is 0 Å². The molecule has 0 bridgehead atoms. The van der Waals surface area contributed by atoms with E-state index in [0.717, 1.165) is 23.3 Å². The molecule has 0 aromatic heterocycles. The Hall–Kier alpha value is -4.39. The van der Waals surface area contributed by atoms with Crippen LogP contribution >= 0.6 is 0 Å². The van der Waals surface area contributed by atoms with Crippen LogP contribution in [0, 0.1) is 19.1 Å². The summed E-state index contributed by atoms with van der Waals surface area (Å²) in [4.78, 5) is -2.15. The van der Waals surface area contributed by atoms with Gasteiger partial charge in [0.2, 0.25) is 0 Å². The van der Waals surface area contributed by atoms with Gasteiger partial charge in [-0.15, -0.1) is 0 Å². The summed E-state index contributed by atoms with van der Waals surface area (Å²) < 4.78 is 135. The van der Waals surface area contributed by atoms with Gasteiger partial charge in [-0.1, -0.05) is 30.3 Å². The molecule has 0 amide bonds. The first-order valence-corrected chi connectivity index (χ1v) is 20.7. The van der Waals surface area contributed by atoms with Gasteiger partial charge in [0.1, 0.15) is 15.4 Å². The predicted octanol–water partition coefficient (Wildman–Crippen LogP) is 5.57. The minimum atomic E-state index is -5.02. The summed E-state index contributed by atoms with van der Waals surface area (Å²) >= 11 is 0. The van der Waals surface area contributed by atoms with E-state index in [-0.39, 0.29) is 22.1 Å². The first kappa shape index (κ1) is 37.9. The average Bonchev–Trinajstić information content (AvgIpc) is 3.03. The number of hydrogen-bond acceptors (Lipinski definition) is 8. The van der Waals surface area contributed by atoms with E-state index in [1.165, 1.54) is 31.2 Å². The Morgan fingerprint density at radius 1 is 0.569 bits per heavy atom. The Bertz CT molecular complexity index is 2570. The zero-order chi connectivity index (χ0) is 37.5. The van der Waals surface area contributed by atoms with Gasteiger partial charge in [-0.2, -0.15) is 33.7 Å². The largest absolute Gasteiger partial charge is 0.331 e. The minimum Gasteiger partial charge on any atom is -0.282 e. The van der Waals surface area contributed by atoms with Crippen LogP contribution in [-0.4, -0.2) is 51.9 Å². The van der Waals surface area contributed by atoms with Crippen molar-refractivity contribution in [3.05, 3.63) is 158 Å². The molecule has 16 heteroatoms. The van der Waals surface area contributed by atoms with E-state index < -0.39 is 50.3 Å². The van der Waals surface area contributed by atoms with Crippen LogP contribution in [0.2, 0.25) is 0 Å². The van der Waals surface area contributed by atoms with Gasteiger partial charge in [0.05, 0.1) is 10.5 Å². The quantitative estimate of drug-likeness (QED) is 0.115. The zero-order valence-corrected chi connectivity index (χ0v) is 30.2. The number of aryl methyl sites for hydroxylation is 2. The molecule has 12 nitrogen and oxygen atoms in total. The molecule has 4 aromatic rings. The van der Waals surface area contributed by atoms with Crippen molar-refractivity contribution >= 4 is 46.0 Å². The van der Waals surface area contributed by atoms with Crippen LogP contribution in [0.15, 0.2) is 123 Å². The molecule has 4 N–H and O–H groups in total. The maximum Gasteiger partial charge on any atom is 0.331 e. The maximum atomic E-state index is 12.4. The first-order chi connectivity index (χ1) is 23.6. The van der Waals surface area contributed by atoms with Crippen molar-refractivity contribution in [1.82, 2.24) is 0 Å². The molecular weight excluding hydrogens is 741 g/mol. The van der Waals surface area contributed by atoms with Crippen molar-refractivity contribution in [3.63, 3.8) is 0 Å². The van der Waals surface area contributed by atoms with Gasteiger partial charge in [-0.3, -0.25) is 18.2 Å². The molecule has 0 unspecified atom stereocenters. The minimum absolute atomic E-state index is 0.0875. The zero-order valence-electron chi connectivity index (χ0n) is 26.9. The van der Waals surface area contributed by atoms with Crippen LogP contribution < -0.4 is 0 Å². The Labute approximate surface area is 296 Å². The van der Waals surface area contributed by atoms with Crippen molar-refractivity contribution in [2.24, 2.45) is 0 Å². The van der Waals surface area contributed by atoms with Crippen LogP contribution in [0.1, 0.15) is 44.5 Å². The average molecular weight is 772 g/mol. The van der Waals surface area contributed by atoms with Crippen molar-refractivity contribution in [1.29, 1.82) is 0 Å². The van der Waals surface area contributed by atoms with Crippen molar-refractivity contribution in [2.45, 2.75) is 41.4 Å². The highest BCUT2D eigenvalue weighted by atomic mass is 32.2. The number of hydrogen-bond donors (Lipinski definition) is 4. The standard InChI is InChI=1S/C35H30O12S4/c1-22-7-16-30(48(36,37)38)20-28(22)18-24-8-12-26(13-9-24)35(31-5-3-4-6-32(31)49(39,40)41)27-14-10-25(11-15-27)19-29-21-34(51(45,46)47)33(17-23(29)2)50(42,43)44/h3-17,20-21H,18-19H2,1-2H3,(H3-,36,37,38,39,40,41,42,43,44,45,46,47)/p+1. The summed E-state index contributed by atoms with van der Waals surface area (Å²) in [6, 6.07) is 20.1. The normalized spacial score (nSPS) is 14.9. The molecule has 1 aliphatic carbocycles. The fraction of sp³-hybridized carbons (Fsp3) is 0.114. The molecule has 4 aromatic carbocycles. The van der Waals surface area contributed by atoms with Crippen molar-refractivity contribution in [2.75, 3.05) is 0 Å². The maximum absolute atomic E-state index is 12.4. The summed E-state index contributed by atoms with van der Waals surface area (Å²) in [5.41, 5.74) is 5.30. The van der Waals surface area contributed by atoms with Gasteiger partial charge in [0.25, 0.3) is 30.4 Å². The Balaban J connectivity index is 1.55. The molecule has 266 valence electrons. The molecule has 0 fully saturated rings. The van der Waals surface area contributed by atoms with Crippen molar-refractivity contribution < 1.29 is 51.9 Å². The summed E-state index contributed by atoms with van der Waals surface area (Å²) in [7, 11) is -19.1. The molecule has 0 atom stereocenters. The molecule has 0 heterocycles. The third kappa shape index (κ3) is 8.74. The van der Waals surface area contributed by atoms with Gasteiger partial charge in [-0.05, 0) is 109 Å². The summed E-state index contributed by atoms with van der Waals surface area (Å²) in [6.45, 7) is 3.32. The highest BCUT2D eigenvalue weighted by molar-refractivity contribution is 7.89. The molecule has 51 heavy (non-hydrogen) atoms. The summed E-state index contributed by atoms with van der Waals surface area (Å²) in [6.07, 6.45) is 6.31.